The summed E-state index contributed by atoms with van der Waals surface area (Å²) in [4.78, 5) is 16.1. The monoisotopic (exact) mass is 427 g/mol. The molecule has 1 aliphatic heterocycles. The molecule has 1 unspecified atom stereocenters. The average Bonchev–Trinajstić information content (AvgIpc) is 3.57. The van der Waals surface area contributed by atoms with Gasteiger partial charge in [0.15, 0.2) is 11.6 Å². The maximum absolute atomic E-state index is 15.0. The van der Waals surface area contributed by atoms with E-state index in [2.05, 4.69) is 15.2 Å². The largest absolute Gasteiger partial charge is 0.364 e. The van der Waals surface area contributed by atoms with Gasteiger partial charge in [-0.3, -0.25) is 4.98 Å². The lowest BCUT2D eigenvalue weighted by Crippen LogP contribution is -2.36. The van der Waals surface area contributed by atoms with Gasteiger partial charge in [-0.25, -0.2) is 23.1 Å². The van der Waals surface area contributed by atoms with Crippen LogP contribution in [-0.4, -0.2) is 34.1 Å². The number of anilines is 2. The number of fused-ring (bicyclic) bond motifs is 1. The van der Waals surface area contributed by atoms with Crippen molar-refractivity contribution in [1.82, 2.24) is 15.0 Å². The van der Waals surface area contributed by atoms with E-state index in [1.54, 1.807) is 6.20 Å². The third-order valence-electron chi connectivity index (χ3n) is 6.10. The number of piperidine rings is 1. The van der Waals surface area contributed by atoms with Crippen LogP contribution in [0.3, 0.4) is 0 Å². The van der Waals surface area contributed by atoms with E-state index in [1.165, 1.54) is 6.07 Å². The van der Waals surface area contributed by atoms with Crippen LogP contribution in [0.5, 0.6) is 0 Å². The first-order valence-electron chi connectivity index (χ1n) is 10.7. The van der Waals surface area contributed by atoms with E-state index in [4.69, 9.17) is 9.97 Å². The van der Waals surface area contributed by atoms with Crippen molar-refractivity contribution >= 4 is 22.7 Å². The Labute approximate surface area is 178 Å². The topological polar surface area (TPSA) is 53.9 Å². The van der Waals surface area contributed by atoms with Gasteiger partial charge in [-0.05, 0) is 50.7 Å². The standard InChI is InChI=1S/C23H24F3N5/c1-13-10-19-20(12-27-13)30-23(22(29-19)28-16-3-4-16)31-8-6-14(7-9-31)21(26)17-5-2-15(24)11-18(17)25/h2,5,10-12,14,16,21H,3-4,6-9H2,1H3,(H,28,29). The molecule has 3 heterocycles. The summed E-state index contributed by atoms with van der Waals surface area (Å²) in [6, 6.07) is 5.40. The highest BCUT2D eigenvalue weighted by Gasteiger charge is 2.32. The van der Waals surface area contributed by atoms with E-state index < -0.39 is 17.8 Å². The molecule has 0 radical (unpaired) electrons. The first-order chi connectivity index (χ1) is 15.0. The highest BCUT2D eigenvalue weighted by Crippen LogP contribution is 2.38. The molecule has 1 aliphatic carbocycles. The van der Waals surface area contributed by atoms with Gasteiger partial charge in [0.05, 0.1) is 11.7 Å². The van der Waals surface area contributed by atoms with Gasteiger partial charge in [-0.2, -0.15) is 0 Å². The number of pyridine rings is 1. The second kappa shape index (κ2) is 7.98. The van der Waals surface area contributed by atoms with Crippen LogP contribution in [0.1, 0.15) is 43.1 Å². The van der Waals surface area contributed by atoms with Gasteiger partial charge in [0.2, 0.25) is 0 Å². The van der Waals surface area contributed by atoms with Crippen LogP contribution in [-0.2, 0) is 0 Å². The molecule has 5 nitrogen and oxygen atoms in total. The Morgan fingerprint density at radius 2 is 1.81 bits per heavy atom. The zero-order valence-electron chi connectivity index (χ0n) is 17.3. The Balaban J connectivity index is 1.36. The Bertz CT molecular complexity index is 1110. The van der Waals surface area contributed by atoms with Gasteiger partial charge < -0.3 is 10.2 Å². The second-order valence-electron chi connectivity index (χ2n) is 8.52. The summed E-state index contributed by atoms with van der Waals surface area (Å²) in [5.41, 5.74) is 2.34. The van der Waals surface area contributed by atoms with E-state index in [0.29, 0.717) is 32.0 Å². The van der Waals surface area contributed by atoms with Crippen LogP contribution in [0.25, 0.3) is 11.0 Å². The average molecular weight is 427 g/mol. The summed E-state index contributed by atoms with van der Waals surface area (Å²) in [5, 5.41) is 3.47. The summed E-state index contributed by atoms with van der Waals surface area (Å²) in [5.74, 6) is -0.339. The van der Waals surface area contributed by atoms with Crippen molar-refractivity contribution in [3.05, 3.63) is 53.4 Å². The number of aromatic nitrogens is 3. The second-order valence-corrected chi connectivity index (χ2v) is 8.52. The molecular formula is C23H24F3N5. The minimum absolute atomic E-state index is 0.0668. The molecule has 0 amide bonds. The van der Waals surface area contributed by atoms with Gasteiger partial charge in [0, 0.05) is 36.5 Å². The number of hydrogen-bond donors (Lipinski definition) is 1. The molecule has 1 N–H and O–H groups in total. The molecule has 2 aromatic heterocycles. The van der Waals surface area contributed by atoms with Crippen LogP contribution in [0.15, 0.2) is 30.5 Å². The molecule has 3 aromatic rings. The first-order valence-corrected chi connectivity index (χ1v) is 10.7. The SMILES string of the molecule is Cc1cc2nc(NC3CC3)c(N3CCC(C(F)c4ccc(F)cc4F)CC3)nc2cn1. The summed E-state index contributed by atoms with van der Waals surface area (Å²) < 4.78 is 42.2. The van der Waals surface area contributed by atoms with Crippen molar-refractivity contribution < 1.29 is 13.2 Å². The fourth-order valence-electron chi connectivity index (χ4n) is 4.17. The van der Waals surface area contributed by atoms with Crippen LogP contribution in [0.2, 0.25) is 0 Å². The number of halogens is 3. The zero-order valence-corrected chi connectivity index (χ0v) is 17.3. The molecule has 1 atom stereocenters. The molecule has 31 heavy (non-hydrogen) atoms. The number of alkyl halides is 1. The molecule has 1 aromatic carbocycles. The molecule has 8 heteroatoms. The molecule has 0 bridgehead atoms. The van der Waals surface area contributed by atoms with Crippen LogP contribution in [0, 0.1) is 24.5 Å². The number of rotatable bonds is 5. The van der Waals surface area contributed by atoms with Gasteiger partial charge in [-0.1, -0.05) is 6.07 Å². The molecule has 0 spiro atoms. The van der Waals surface area contributed by atoms with Crippen molar-refractivity contribution in [2.24, 2.45) is 5.92 Å². The van der Waals surface area contributed by atoms with E-state index in [9.17, 15) is 8.78 Å². The minimum atomic E-state index is -1.46. The summed E-state index contributed by atoms with van der Waals surface area (Å²) in [6.45, 7) is 3.10. The lowest BCUT2D eigenvalue weighted by molar-refractivity contribution is 0.193. The van der Waals surface area contributed by atoms with Gasteiger partial charge in [-0.15, -0.1) is 0 Å². The summed E-state index contributed by atoms with van der Waals surface area (Å²) in [6.07, 6.45) is 3.59. The fourth-order valence-corrected chi connectivity index (χ4v) is 4.17. The maximum atomic E-state index is 15.0. The molecular weight excluding hydrogens is 403 g/mol. The summed E-state index contributed by atoms with van der Waals surface area (Å²) in [7, 11) is 0. The van der Waals surface area contributed by atoms with Gasteiger partial charge in [0.25, 0.3) is 0 Å². The maximum Gasteiger partial charge on any atom is 0.172 e. The molecule has 162 valence electrons. The smallest absolute Gasteiger partial charge is 0.172 e. The van der Waals surface area contributed by atoms with E-state index >= 15 is 4.39 Å². The van der Waals surface area contributed by atoms with Crippen LogP contribution in [0.4, 0.5) is 24.8 Å². The molecule has 2 aliphatic rings. The van der Waals surface area contributed by atoms with E-state index in [-0.39, 0.29) is 11.5 Å². The van der Waals surface area contributed by atoms with Crippen molar-refractivity contribution in [2.75, 3.05) is 23.3 Å². The van der Waals surface area contributed by atoms with Crippen molar-refractivity contribution in [3.8, 4) is 0 Å². The number of nitrogens with zero attached hydrogens (tertiary/aromatic N) is 4. The number of hydrogen-bond acceptors (Lipinski definition) is 5. The summed E-state index contributed by atoms with van der Waals surface area (Å²) >= 11 is 0. The Morgan fingerprint density at radius 1 is 1.03 bits per heavy atom. The van der Waals surface area contributed by atoms with Crippen LogP contribution >= 0.6 is 0 Å². The Morgan fingerprint density at radius 3 is 2.52 bits per heavy atom. The zero-order chi connectivity index (χ0) is 21.5. The minimum Gasteiger partial charge on any atom is -0.364 e. The van der Waals surface area contributed by atoms with Crippen LogP contribution < -0.4 is 10.2 Å². The quantitative estimate of drug-likeness (QED) is 0.613. The lowest BCUT2D eigenvalue weighted by atomic mass is 9.88. The van der Waals surface area contributed by atoms with E-state index in [0.717, 1.165) is 53.3 Å². The van der Waals surface area contributed by atoms with Gasteiger partial charge >= 0.3 is 0 Å². The lowest BCUT2D eigenvalue weighted by Gasteiger charge is -2.35. The van der Waals surface area contributed by atoms with Crippen molar-refractivity contribution in [3.63, 3.8) is 0 Å². The predicted octanol–water partition coefficient (Wildman–Crippen LogP) is 5.11. The van der Waals surface area contributed by atoms with Crippen molar-refractivity contribution in [1.29, 1.82) is 0 Å². The third-order valence-corrected chi connectivity index (χ3v) is 6.10. The highest BCUT2D eigenvalue weighted by molar-refractivity contribution is 5.80. The molecule has 1 saturated heterocycles. The molecule has 5 rings (SSSR count). The Hall–Kier alpha value is -2.90. The van der Waals surface area contributed by atoms with E-state index in [1.807, 2.05) is 13.0 Å². The predicted molar refractivity (Wildman–Crippen MR) is 114 cm³/mol. The van der Waals surface area contributed by atoms with Crippen molar-refractivity contribution in [2.45, 2.75) is 44.8 Å². The highest BCUT2D eigenvalue weighted by atomic mass is 19.1. The fraction of sp³-hybridized carbons (Fsp3) is 0.435. The normalized spacial score (nSPS) is 18.4. The molecule has 1 saturated carbocycles. The Kier molecular flexibility index (Phi) is 5.16. The third kappa shape index (κ3) is 4.16. The van der Waals surface area contributed by atoms with Gasteiger partial charge in [0.1, 0.15) is 23.3 Å². The molecule has 2 fully saturated rings. The first kappa shape index (κ1) is 20.0. The number of benzene rings is 1. The number of nitrogens with one attached hydrogen (secondary N) is 1. The number of aryl methyl sites for hydroxylation is 1.